The van der Waals surface area contributed by atoms with Gasteiger partial charge in [0.05, 0.1) is 4.92 Å². The SMILES string of the molecule is CC(=O)C(C(=O)OCc1ccc([N+](=O)[O-])cc1)=C(NCc1ccccc1)C(C)CSc1ccccc1. The van der Waals surface area contributed by atoms with Crippen molar-refractivity contribution < 1.29 is 19.2 Å². The number of Topliss-reactive ketones (excluding diaryl/α,β-unsaturated/α-hetero) is 1. The van der Waals surface area contributed by atoms with E-state index in [-0.39, 0.29) is 23.8 Å². The number of carbonyl (C=O) groups excluding carboxylic acids is 2. The van der Waals surface area contributed by atoms with Gasteiger partial charge in [-0.3, -0.25) is 14.9 Å². The summed E-state index contributed by atoms with van der Waals surface area (Å²) in [4.78, 5) is 37.2. The van der Waals surface area contributed by atoms with Gasteiger partial charge in [0.1, 0.15) is 12.2 Å². The number of ketones is 1. The number of nitrogens with one attached hydrogen (secondary N) is 1. The number of allylic oxidation sites excluding steroid dienone is 1. The first-order valence-electron chi connectivity index (χ1n) is 11.5. The van der Waals surface area contributed by atoms with Crippen LogP contribution in [0.25, 0.3) is 0 Å². The fraction of sp³-hybridized carbons (Fsp3) is 0.214. The Morgan fingerprint density at radius 1 is 0.944 bits per heavy atom. The Balaban J connectivity index is 1.81. The molecule has 0 spiro atoms. The standard InChI is InChI=1S/C28H28N2O5S/c1-20(19-36-25-11-7-4-8-12-25)27(29-17-22-9-5-3-6-10-22)26(21(2)31)28(32)35-18-23-13-15-24(16-14-23)30(33)34/h3-16,20,29H,17-19H2,1-2H3. The highest BCUT2D eigenvalue weighted by Crippen LogP contribution is 2.26. The van der Waals surface area contributed by atoms with E-state index in [1.165, 1.54) is 31.2 Å². The van der Waals surface area contributed by atoms with Crippen LogP contribution < -0.4 is 5.32 Å². The molecule has 186 valence electrons. The van der Waals surface area contributed by atoms with E-state index in [1.54, 1.807) is 11.8 Å². The van der Waals surface area contributed by atoms with E-state index in [4.69, 9.17) is 4.74 Å². The fourth-order valence-corrected chi connectivity index (χ4v) is 4.46. The van der Waals surface area contributed by atoms with Gasteiger partial charge >= 0.3 is 5.97 Å². The van der Waals surface area contributed by atoms with Gasteiger partial charge in [-0.25, -0.2) is 4.79 Å². The second-order valence-electron chi connectivity index (χ2n) is 8.21. The molecule has 0 saturated heterocycles. The van der Waals surface area contributed by atoms with Gasteiger partial charge in [-0.05, 0) is 42.3 Å². The van der Waals surface area contributed by atoms with Crippen LogP contribution >= 0.6 is 11.8 Å². The largest absolute Gasteiger partial charge is 0.457 e. The summed E-state index contributed by atoms with van der Waals surface area (Å²) < 4.78 is 5.46. The highest BCUT2D eigenvalue weighted by atomic mass is 32.2. The van der Waals surface area contributed by atoms with Crippen molar-refractivity contribution in [2.75, 3.05) is 5.75 Å². The minimum Gasteiger partial charge on any atom is -0.457 e. The van der Waals surface area contributed by atoms with Gasteiger partial charge in [-0.15, -0.1) is 11.8 Å². The van der Waals surface area contributed by atoms with Crippen molar-refractivity contribution in [1.82, 2.24) is 5.32 Å². The molecule has 3 aromatic rings. The number of nitro groups is 1. The number of non-ortho nitro benzene ring substituents is 1. The summed E-state index contributed by atoms with van der Waals surface area (Å²) in [5.41, 5.74) is 2.06. The Morgan fingerprint density at radius 3 is 2.14 bits per heavy atom. The van der Waals surface area contributed by atoms with E-state index in [1.807, 2.05) is 67.6 Å². The van der Waals surface area contributed by atoms with Crippen LogP contribution in [0, 0.1) is 16.0 Å². The van der Waals surface area contributed by atoms with Crippen molar-refractivity contribution in [3.8, 4) is 0 Å². The number of nitro benzene ring substituents is 1. The predicted octanol–water partition coefficient (Wildman–Crippen LogP) is 5.70. The molecule has 1 N–H and O–H groups in total. The van der Waals surface area contributed by atoms with Crippen LogP contribution in [0.2, 0.25) is 0 Å². The predicted molar refractivity (Wildman–Crippen MR) is 140 cm³/mol. The van der Waals surface area contributed by atoms with Crippen molar-refractivity contribution in [2.45, 2.75) is 31.9 Å². The minimum absolute atomic E-state index is 0.0194. The molecule has 0 fully saturated rings. The molecule has 0 bridgehead atoms. The first-order valence-corrected chi connectivity index (χ1v) is 12.4. The zero-order valence-corrected chi connectivity index (χ0v) is 21.0. The van der Waals surface area contributed by atoms with Gasteiger partial charge in [0, 0.05) is 40.9 Å². The summed E-state index contributed by atoms with van der Waals surface area (Å²) in [6.07, 6.45) is 0. The van der Waals surface area contributed by atoms with Crippen LogP contribution in [0.5, 0.6) is 0 Å². The average molecular weight is 505 g/mol. The lowest BCUT2D eigenvalue weighted by molar-refractivity contribution is -0.384. The number of rotatable bonds is 12. The molecule has 3 aromatic carbocycles. The molecule has 0 aliphatic carbocycles. The summed E-state index contributed by atoms with van der Waals surface area (Å²) in [5, 5.41) is 14.2. The second-order valence-corrected chi connectivity index (χ2v) is 9.30. The Labute approximate surface area is 214 Å². The summed E-state index contributed by atoms with van der Waals surface area (Å²) in [6.45, 7) is 3.66. The van der Waals surface area contributed by atoms with Crippen molar-refractivity contribution in [3.05, 3.63) is 117 Å². The molecule has 0 aliphatic rings. The minimum atomic E-state index is -0.729. The van der Waals surface area contributed by atoms with Gasteiger partial charge in [-0.2, -0.15) is 0 Å². The molecule has 0 aromatic heterocycles. The maximum absolute atomic E-state index is 13.1. The number of hydrogen-bond donors (Lipinski definition) is 1. The molecular formula is C28H28N2O5S. The molecule has 0 radical (unpaired) electrons. The molecule has 1 unspecified atom stereocenters. The first-order chi connectivity index (χ1) is 17.3. The number of carbonyl (C=O) groups is 2. The molecule has 7 nitrogen and oxygen atoms in total. The maximum atomic E-state index is 13.1. The highest BCUT2D eigenvalue weighted by molar-refractivity contribution is 7.99. The molecule has 0 heterocycles. The quantitative estimate of drug-likeness (QED) is 0.0642. The first kappa shape index (κ1) is 26.7. The normalized spacial score (nSPS) is 12.3. The summed E-state index contributed by atoms with van der Waals surface area (Å²) in [6, 6.07) is 25.4. The van der Waals surface area contributed by atoms with Crippen molar-refractivity contribution >= 4 is 29.2 Å². The molecule has 3 rings (SSSR count). The van der Waals surface area contributed by atoms with Gasteiger partial charge in [0.15, 0.2) is 5.78 Å². The molecule has 0 saturated carbocycles. The number of benzene rings is 3. The van der Waals surface area contributed by atoms with E-state index in [0.29, 0.717) is 23.6 Å². The van der Waals surface area contributed by atoms with Gasteiger partial charge in [0.25, 0.3) is 5.69 Å². The average Bonchev–Trinajstić information content (AvgIpc) is 2.89. The van der Waals surface area contributed by atoms with Gasteiger partial charge in [0.2, 0.25) is 0 Å². The summed E-state index contributed by atoms with van der Waals surface area (Å²) >= 11 is 1.64. The fourth-order valence-electron chi connectivity index (χ4n) is 3.50. The maximum Gasteiger partial charge on any atom is 0.343 e. The number of hydrogen-bond acceptors (Lipinski definition) is 7. The summed E-state index contributed by atoms with van der Waals surface area (Å²) in [7, 11) is 0. The van der Waals surface area contributed by atoms with Crippen molar-refractivity contribution in [1.29, 1.82) is 0 Å². The smallest absolute Gasteiger partial charge is 0.343 e. The third kappa shape index (κ3) is 7.81. The molecule has 1 atom stereocenters. The van der Waals surface area contributed by atoms with Crippen LogP contribution in [0.1, 0.15) is 25.0 Å². The molecular weight excluding hydrogens is 476 g/mol. The Kier molecular flexibility index (Phi) is 9.82. The number of esters is 1. The Bertz CT molecular complexity index is 1210. The van der Waals surface area contributed by atoms with Crippen LogP contribution in [0.15, 0.2) is 101 Å². The van der Waals surface area contributed by atoms with Gasteiger partial charge < -0.3 is 10.1 Å². The van der Waals surface area contributed by atoms with E-state index in [9.17, 15) is 19.7 Å². The molecule has 8 heteroatoms. The molecule has 0 aliphatic heterocycles. The zero-order chi connectivity index (χ0) is 25.9. The lowest BCUT2D eigenvalue weighted by atomic mass is 10.0. The third-order valence-corrected chi connectivity index (χ3v) is 6.68. The van der Waals surface area contributed by atoms with E-state index in [2.05, 4.69) is 5.32 Å². The Morgan fingerprint density at radius 2 is 1.56 bits per heavy atom. The van der Waals surface area contributed by atoms with Gasteiger partial charge in [-0.1, -0.05) is 55.5 Å². The van der Waals surface area contributed by atoms with Crippen LogP contribution in [0.4, 0.5) is 5.69 Å². The number of ether oxygens (including phenoxy) is 1. The van der Waals surface area contributed by atoms with Crippen LogP contribution in [-0.2, 0) is 27.5 Å². The monoisotopic (exact) mass is 504 g/mol. The van der Waals surface area contributed by atoms with E-state index >= 15 is 0 Å². The zero-order valence-electron chi connectivity index (χ0n) is 20.2. The van der Waals surface area contributed by atoms with Crippen molar-refractivity contribution in [3.63, 3.8) is 0 Å². The van der Waals surface area contributed by atoms with Crippen LogP contribution in [-0.4, -0.2) is 22.4 Å². The van der Waals surface area contributed by atoms with Crippen molar-refractivity contribution in [2.24, 2.45) is 5.92 Å². The Hall–Kier alpha value is -3.91. The number of nitrogens with zero attached hydrogens (tertiary/aromatic N) is 1. The summed E-state index contributed by atoms with van der Waals surface area (Å²) in [5.74, 6) is -0.623. The van der Waals surface area contributed by atoms with Crippen LogP contribution in [0.3, 0.4) is 0 Å². The molecule has 0 amide bonds. The third-order valence-electron chi connectivity index (χ3n) is 5.40. The topological polar surface area (TPSA) is 98.5 Å². The van der Waals surface area contributed by atoms with E-state index < -0.39 is 16.7 Å². The molecule has 36 heavy (non-hydrogen) atoms. The second kappa shape index (κ2) is 13.3. The van der Waals surface area contributed by atoms with E-state index in [0.717, 1.165) is 10.5 Å². The highest BCUT2D eigenvalue weighted by Gasteiger charge is 2.25. The lowest BCUT2D eigenvalue weighted by Gasteiger charge is -2.21. The lowest BCUT2D eigenvalue weighted by Crippen LogP contribution is -2.28. The number of thioether (sulfide) groups is 1.